The molecule has 1 aromatic rings. The standard InChI is InChI=1S/C14H21FNO4P/c1-4-19-16-14(12-7-5-6-8-13(12)15)20-21(17,18)10-9-11(2)3/h5-8,11H,4,9-10H2,1-3H3,(H,17,18)/b16-14-. The fraction of sp³-hybridized carbons (Fsp3) is 0.500. The maximum Gasteiger partial charge on any atom is 0.377 e. The summed E-state index contributed by atoms with van der Waals surface area (Å²) in [7, 11) is -3.91. The van der Waals surface area contributed by atoms with Crippen LogP contribution in [0, 0.1) is 11.7 Å². The van der Waals surface area contributed by atoms with Crippen molar-refractivity contribution in [1.29, 1.82) is 0 Å². The second-order valence-corrected chi connectivity index (χ2v) is 6.83. The molecule has 0 fully saturated rings. The molecule has 0 aliphatic rings. The topological polar surface area (TPSA) is 68.1 Å². The predicted molar refractivity (Wildman–Crippen MR) is 79.8 cm³/mol. The monoisotopic (exact) mass is 317 g/mol. The molecule has 5 nitrogen and oxygen atoms in total. The number of oxime groups is 1. The van der Waals surface area contributed by atoms with Crippen LogP contribution in [-0.4, -0.2) is 23.6 Å². The van der Waals surface area contributed by atoms with E-state index in [1.54, 1.807) is 13.0 Å². The van der Waals surface area contributed by atoms with Gasteiger partial charge in [-0.25, -0.2) is 8.96 Å². The SMILES string of the molecule is CCO/N=C(\OP(=O)(O)CCC(C)C)c1ccccc1F. The van der Waals surface area contributed by atoms with Crippen molar-refractivity contribution in [2.24, 2.45) is 11.1 Å². The fourth-order valence-corrected chi connectivity index (χ4v) is 2.81. The van der Waals surface area contributed by atoms with Gasteiger partial charge in [0.15, 0.2) is 0 Å². The molecule has 0 saturated carbocycles. The van der Waals surface area contributed by atoms with Crippen LogP contribution in [0.25, 0.3) is 0 Å². The van der Waals surface area contributed by atoms with Crippen molar-refractivity contribution in [3.05, 3.63) is 35.6 Å². The van der Waals surface area contributed by atoms with Gasteiger partial charge in [-0.15, -0.1) is 0 Å². The first-order valence-electron chi connectivity index (χ1n) is 6.82. The van der Waals surface area contributed by atoms with E-state index in [1.807, 2.05) is 13.8 Å². The van der Waals surface area contributed by atoms with Crippen LogP contribution in [0.3, 0.4) is 0 Å². The minimum Gasteiger partial charge on any atom is -0.402 e. The lowest BCUT2D eigenvalue weighted by Gasteiger charge is -2.16. The molecule has 21 heavy (non-hydrogen) atoms. The Morgan fingerprint density at radius 3 is 2.67 bits per heavy atom. The lowest BCUT2D eigenvalue weighted by Crippen LogP contribution is -2.10. The third-order valence-electron chi connectivity index (χ3n) is 2.60. The lowest BCUT2D eigenvalue weighted by molar-refractivity contribution is 0.152. The third kappa shape index (κ3) is 6.27. The Morgan fingerprint density at radius 1 is 1.43 bits per heavy atom. The Bertz CT molecular complexity index is 533. The van der Waals surface area contributed by atoms with Gasteiger partial charge >= 0.3 is 7.60 Å². The molecule has 1 atom stereocenters. The van der Waals surface area contributed by atoms with Gasteiger partial charge in [0.25, 0.3) is 5.90 Å². The molecule has 7 heteroatoms. The quantitative estimate of drug-likeness (QED) is 0.360. The van der Waals surface area contributed by atoms with Crippen LogP contribution in [0.2, 0.25) is 0 Å². The highest BCUT2D eigenvalue weighted by Crippen LogP contribution is 2.44. The number of nitrogens with zero attached hydrogens (tertiary/aromatic N) is 1. The smallest absolute Gasteiger partial charge is 0.377 e. The summed E-state index contributed by atoms with van der Waals surface area (Å²) < 4.78 is 30.9. The summed E-state index contributed by atoms with van der Waals surface area (Å²) in [6.07, 6.45) is 0.497. The second kappa shape index (κ2) is 8.15. The molecule has 0 aliphatic heterocycles. The van der Waals surface area contributed by atoms with Gasteiger partial charge in [-0.3, -0.25) is 0 Å². The largest absolute Gasteiger partial charge is 0.402 e. The molecule has 0 radical (unpaired) electrons. The normalized spacial score (nSPS) is 14.9. The molecule has 118 valence electrons. The Balaban J connectivity index is 2.95. The molecular weight excluding hydrogens is 296 g/mol. The van der Waals surface area contributed by atoms with Crippen LogP contribution in [0.1, 0.15) is 32.8 Å². The van der Waals surface area contributed by atoms with Crippen LogP contribution in [0.4, 0.5) is 4.39 Å². The van der Waals surface area contributed by atoms with E-state index in [0.29, 0.717) is 6.42 Å². The average molecular weight is 317 g/mol. The summed E-state index contributed by atoms with van der Waals surface area (Å²) in [6, 6.07) is 5.72. The first kappa shape index (κ1) is 17.7. The molecule has 1 aromatic carbocycles. The van der Waals surface area contributed by atoms with Crippen molar-refractivity contribution < 1.29 is 23.2 Å². The maximum atomic E-state index is 13.8. The van der Waals surface area contributed by atoms with Crippen molar-refractivity contribution in [3.8, 4) is 0 Å². The van der Waals surface area contributed by atoms with Crippen LogP contribution >= 0.6 is 7.60 Å². The number of benzene rings is 1. The first-order chi connectivity index (χ1) is 9.85. The van der Waals surface area contributed by atoms with Gasteiger partial charge in [0.05, 0.1) is 11.7 Å². The summed E-state index contributed by atoms with van der Waals surface area (Å²) in [5, 5.41) is 3.61. The molecular formula is C14H21FNO4P. The molecule has 0 spiro atoms. The van der Waals surface area contributed by atoms with Crippen molar-refractivity contribution >= 4 is 13.5 Å². The van der Waals surface area contributed by atoms with E-state index < -0.39 is 13.4 Å². The van der Waals surface area contributed by atoms with Gasteiger partial charge in [0, 0.05) is 0 Å². The average Bonchev–Trinajstić information content (AvgIpc) is 2.42. The third-order valence-corrected chi connectivity index (χ3v) is 3.88. The van der Waals surface area contributed by atoms with Gasteiger partial charge in [0.2, 0.25) is 0 Å². The minimum atomic E-state index is -3.91. The number of hydrogen-bond donors (Lipinski definition) is 1. The number of halogens is 1. The summed E-state index contributed by atoms with van der Waals surface area (Å²) in [4.78, 5) is 14.7. The van der Waals surface area contributed by atoms with E-state index in [4.69, 9.17) is 9.36 Å². The molecule has 0 aromatic heterocycles. The van der Waals surface area contributed by atoms with Crippen LogP contribution in [0.5, 0.6) is 0 Å². The fourth-order valence-electron chi connectivity index (χ4n) is 1.47. The first-order valence-corrected chi connectivity index (χ1v) is 8.58. The second-order valence-electron chi connectivity index (χ2n) is 4.93. The molecule has 1 unspecified atom stereocenters. The van der Waals surface area contributed by atoms with Crippen LogP contribution in [-0.2, 0) is 13.9 Å². The molecule has 1 rings (SSSR count). The Morgan fingerprint density at radius 2 is 2.10 bits per heavy atom. The van der Waals surface area contributed by atoms with Crippen molar-refractivity contribution in [1.82, 2.24) is 0 Å². The summed E-state index contributed by atoms with van der Waals surface area (Å²) in [5.41, 5.74) is -0.00947. The van der Waals surface area contributed by atoms with E-state index in [-0.39, 0.29) is 30.1 Å². The highest BCUT2D eigenvalue weighted by Gasteiger charge is 2.26. The Kier molecular flexibility index (Phi) is 6.85. The van der Waals surface area contributed by atoms with Gasteiger partial charge in [-0.1, -0.05) is 26.0 Å². The highest BCUT2D eigenvalue weighted by molar-refractivity contribution is 7.53. The zero-order chi connectivity index (χ0) is 15.9. The zero-order valence-corrected chi connectivity index (χ0v) is 13.3. The van der Waals surface area contributed by atoms with Crippen molar-refractivity contribution in [3.63, 3.8) is 0 Å². The predicted octanol–water partition coefficient (Wildman–Crippen LogP) is 3.77. The van der Waals surface area contributed by atoms with E-state index in [9.17, 15) is 13.8 Å². The molecule has 0 heterocycles. The van der Waals surface area contributed by atoms with E-state index in [2.05, 4.69) is 5.16 Å². The van der Waals surface area contributed by atoms with Crippen molar-refractivity contribution in [2.45, 2.75) is 27.2 Å². The minimum absolute atomic E-state index is 0.00947. The van der Waals surface area contributed by atoms with E-state index in [1.165, 1.54) is 18.2 Å². The summed E-state index contributed by atoms with van der Waals surface area (Å²) in [5.74, 6) is -0.654. The summed E-state index contributed by atoms with van der Waals surface area (Å²) in [6.45, 7) is 5.81. The molecule has 0 amide bonds. The van der Waals surface area contributed by atoms with Gasteiger partial charge in [0.1, 0.15) is 12.4 Å². The van der Waals surface area contributed by atoms with Crippen LogP contribution < -0.4 is 0 Å². The van der Waals surface area contributed by atoms with Gasteiger partial charge in [-0.2, -0.15) is 0 Å². The molecule has 0 aliphatic carbocycles. The lowest BCUT2D eigenvalue weighted by atomic mass is 10.2. The highest BCUT2D eigenvalue weighted by atomic mass is 31.2. The summed E-state index contributed by atoms with van der Waals surface area (Å²) >= 11 is 0. The maximum absolute atomic E-state index is 13.8. The Hall–Kier alpha value is -1.39. The van der Waals surface area contributed by atoms with Gasteiger partial charge < -0.3 is 14.3 Å². The molecule has 1 N–H and O–H groups in total. The number of rotatable bonds is 7. The van der Waals surface area contributed by atoms with E-state index >= 15 is 0 Å². The molecule has 0 saturated heterocycles. The Labute approximate surface area is 124 Å². The van der Waals surface area contributed by atoms with Gasteiger partial charge in [-0.05, 0) is 36.6 Å². The zero-order valence-electron chi connectivity index (χ0n) is 12.5. The molecule has 0 bridgehead atoms. The van der Waals surface area contributed by atoms with Crippen LogP contribution in [0.15, 0.2) is 29.4 Å². The number of hydrogen-bond acceptors (Lipinski definition) is 4. The van der Waals surface area contributed by atoms with Crippen molar-refractivity contribution in [2.75, 3.05) is 12.8 Å². The van der Waals surface area contributed by atoms with E-state index in [0.717, 1.165) is 0 Å².